The van der Waals surface area contributed by atoms with Crippen LogP contribution in [-0.2, 0) is 9.59 Å². The van der Waals surface area contributed by atoms with Crippen molar-refractivity contribution < 1.29 is 14.4 Å². The average Bonchev–Trinajstić information content (AvgIpc) is 2.66. The summed E-state index contributed by atoms with van der Waals surface area (Å²) in [6, 6.07) is 1.70. The van der Waals surface area contributed by atoms with Gasteiger partial charge in [-0.25, -0.2) is 4.79 Å². The van der Waals surface area contributed by atoms with E-state index in [9.17, 15) is 19.6 Å². The van der Waals surface area contributed by atoms with Gasteiger partial charge in [0.15, 0.2) is 0 Å². The topological polar surface area (TPSA) is 93.5 Å². The number of nitrogens with one attached hydrogen (secondary N) is 1. The lowest BCUT2D eigenvalue weighted by molar-refractivity contribution is -0.131. The fourth-order valence-corrected chi connectivity index (χ4v) is 2.69. The van der Waals surface area contributed by atoms with Crippen molar-refractivity contribution in [1.29, 1.82) is 5.26 Å². The van der Waals surface area contributed by atoms with Crippen molar-refractivity contribution in [2.45, 2.75) is 37.6 Å². The largest absolute Gasteiger partial charge is 0.336 e. The number of imide groups is 1. The van der Waals surface area contributed by atoms with Crippen LogP contribution in [0.15, 0.2) is 0 Å². The van der Waals surface area contributed by atoms with E-state index in [2.05, 4.69) is 11.4 Å². The van der Waals surface area contributed by atoms with E-state index >= 15 is 0 Å². The summed E-state index contributed by atoms with van der Waals surface area (Å²) in [7, 11) is 1.51. The number of nitriles is 1. The normalized spacial score (nSPS) is 21.8. The van der Waals surface area contributed by atoms with Crippen molar-refractivity contribution in [3.8, 4) is 6.07 Å². The van der Waals surface area contributed by atoms with E-state index in [1.54, 1.807) is 0 Å². The molecule has 1 heterocycles. The predicted molar refractivity (Wildman–Crippen MR) is 69.3 cm³/mol. The Morgan fingerprint density at radius 2 is 2.00 bits per heavy atom. The standard InChI is InChI=1S/C13H18N4O3/c1-16-8-11(19)17(12(16)20)7-10(18)15-13(9-14)5-3-2-4-6-13/h2-8H2,1H3,(H,15,18). The Morgan fingerprint density at radius 3 is 2.50 bits per heavy atom. The van der Waals surface area contributed by atoms with Crippen molar-refractivity contribution >= 4 is 17.8 Å². The van der Waals surface area contributed by atoms with Gasteiger partial charge in [0.25, 0.3) is 5.91 Å². The summed E-state index contributed by atoms with van der Waals surface area (Å²) in [4.78, 5) is 37.5. The Hall–Kier alpha value is -2.10. The summed E-state index contributed by atoms with van der Waals surface area (Å²) in [5, 5.41) is 12.0. The van der Waals surface area contributed by atoms with E-state index in [0.717, 1.165) is 24.2 Å². The summed E-state index contributed by atoms with van der Waals surface area (Å²) < 4.78 is 0. The third-order valence-electron chi connectivity index (χ3n) is 3.83. The first-order chi connectivity index (χ1) is 9.47. The molecule has 4 amide bonds. The van der Waals surface area contributed by atoms with Gasteiger partial charge in [0, 0.05) is 7.05 Å². The number of rotatable bonds is 3. The van der Waals surface area contributed by atoms with E-state index < -0.39 is 17.5 Å². The lowest BCUT2D eigenvalue weighted by atomic mass is 9.83. The highest BCUT2D eigenvalue weighted by Crippen LogP contribution is 2.27. The lowest BCUT2D eigenvalue weighted by Gasteiger charge is -2.31. The van der Waals surface area contributed by atoms with Crippen LogP contribution in [0.5, 0.6) is 0 Å². The van der Waals surface area contributed by atoms with Crippen LogP contribution < -0.4 is 5.32 Å². The molecule has 0 aromatic carbocycles. The molecule has 7 heteroatoms. The molecule has 20 heavy (non-hydrogen) atoms. The Kier molecular flexibility index (Phi) is 3.93. The predicted octanol–water partition coefficient (Wildman–Crippen LogP) is 0.223. The number of urea groups is 1. The number of hydrogen-bond donors (Lipinski definition) is 1. The Balaban J connectivity index is 1.97. The Bertz CT molecular complexity index is 476. The van der Waals surface area contributed by atoms with Gasteiger partial charge in [-0.3, -0.25) is 14.5 Å². The number of nitrogens with zero attached hydrogens (tertiary/aromatic N) is 3. The van der Waals surface area contributed by atoms with Gasteiger partial charge in [-0.1, -0.05) is 19.3 Å². The Labute approximate surface area is 117 Å². The van der Waals surface area contributed by atoms with Gasteiger partial charge in [-0.2, -0.15) is 5.26 Å². The summed E-state index contributed by atoms with van der Waals surface area (Å²) in [6.45, 7) is -0.319. The van der Waals surface area contributed by atoms with Gasteiger partial charge >= 0.3 is 6.03 Å². The summed E-state index contributed by atoms with van der Waals surface area (Å²) in [5.74, 6) is -0.840. The molecule has 1 saturated heterocycles. The summed E-state index contributed by atoms with van der Waals surface area (Å²) in [5.41, 5.74) is -0.840. The van der Waals surface area contributed by atoms with Crippen LogP contribution in [0.1, 0.15) is 32.1 Å². The molecule has 1 aliphatic heterocycles. The molecule has 0 atom stereocenters. The van der Waals surface area contributed by atoms with Crippen LogP contribution in [0.3, 0.4) is 0 Å². The van der Waals surface area contributed by atoms with Crippen molar-refractivity contribution in [2.24, 2.45) is 0 Å². The maximum Gasteiger partial charge on any atom is 0.327 e. The SMILES string of the molecule is CN1CC(=O)N(CC(=O)NC2(C#N)CCCCC2)C1=O. The molecule has 2 aliphatic rings. The van der Waals surface area contributed by atoms with E-state index in [4.69, 9.17) is 0 Å². The molecule has 0 bridgehead atoms. The molecular weight excluding hydrogens is 260 g/mol. The quantitative estimate of drug-likeness (QED) is 0.747. The van der Waals surface area contributed by atoms with Gasteiger partial charge in [0.2, 0.25) is 5.91 Å². The van der Waals surface area contributed by atoms with E-state index in [1.807, 2.05) is 0 Å². The molecule has 0 aromatic heterocycles. The minimum absolute atomic E-state index is 0.00446. The minimum atomic E-state index is -0.840. The smallest absolute Gasteiger partial charge is 0.327 e. The zero-order chi connectivity index (χ0) is 14.8. The fraction of sp³-hybridized carbons (Fsp3) is 0.692. The first-order valence-corrected chi connectivity index (χ1v) is 6.75. The van der Waals surface area contributed by atoms with E-state index in [1.165, 1.54) is 11.9 Å². The molecule has 2 fully saturated rings. The molecule has 108 valence electrons. The second-order valence-electron chi connectivity index (χ2n) is 5.42. The first-order valence-electron chi connectivity index (χ1n) is 6.75. The molecule has 2 rings (SSSR count). The highest BCUT2D eigenvalue weighted by Gasteiger charge is 2.38. The maximum absolute atomic E-state index is 12.0. The van der Waals surface area contributed by atoms with E-state index in [0.29, 0.717) is 12.8 Å². The molecule has 0 aromatic rings. The molecule has 1 aliphatic carbocycles. The van der Waals surface area contributed by atoms with Gasteiger partial charge < -0.3 is 10.2 Å². The zero-order valence-corrected chi connectivity index (χ0v) is 11.5. The second kappa shape index (κ2) is 5.49. The third-order valence-corrected chi connectivity index (χ3v) is 3.83. The maximum atomic E-state index is 12.0. The average molecular weight is 278 g/mol. The highest BCUT2D eigenvalue weighted by molar-refractivity contribution is 6.04. The van der Waals surface area contributed by atoms with E-state index in [-0.39, 0.29) is 19.0 Å². The van der Waals surface area contributed by atoms with Gasteiger partial charge in [-0.05, 0) is 12.8 Å². The third kappa shape index (κ3) is 2.74. The summed E-state index contributed by atoms with van der Waals surface area (Å²) in [6.07, 6.45) is 4.11. The van der Waals surface area contributed by atoms with Crippen LogP contribution in [0.4, 0.5) is 4.79 Å². The van der Waals surface area contributed by atoms with Crippen molar-refractivity contribution in [1.82, 2.24) is 15.1 Å². The van der Waals surface area contributed by atoms with Crippen LogP contribution in [0, 0.1) is 11.3 Å². The minimum Gasteiger partial charge on any atom is -0.336 e. The molecule has 0 spiro atoms. The van der Waals surface area contributed by atoms with Crippen molar-refractivity contribution in [3.05, 3.63) is 0 Å². The van der Waals surface area contributed by atoms with Crippen LogP contribution in [0.2, 0.25) is 0 Å². The highest BCUT2D eigenvalue weighted by atomic mass is 16.2. The molecule has 0 unspecified atom stereocenters. The molecule has 0 radical (unpaired) electrons. The van der Waals surface area contributed by atoms with Gasteiger partial charge in [-0.15, -0.1) is 0 Å². The molecule has 1 saturated carbocycles. The van der Waals surface area contributed by atoms with Gasteiger partial charge in [0.05, 0.1) is 6.07 Å². The van der Waals surface area contributed by atoms with Crippen LogP contribution >= 0.6 is 0 Å². The number of carbonyl (C=O) groups excluding carboxylic acids is 3. The van der Waals surface area contributed by atoms with Gasteiger partial charge in [0.1, 0.15) is 18.6 Å². The number of likely N-dealkylation sites (N-methyl/N-ethyl adjacent to an activating group) is 1. The molecule has 1 N–H and O–H groups in total. The number of amides is 4. The number of carbonyl (C=O) groups is 3. The monoisotopic (exact) mass is 278 g/mol. The lowest BCUT2D eigenvalue weighted by Crippen LogP contribution is -2.52. The van der Waals surface area contributed by atoms with Crippen molar-refractivity contribution in [2.75, 3.05) is 20.1 Å². The number of hydrogen-bond acceptors (Lipinski definition) is 4. The first kappa shape index (κ1) is 14.3. The van der Waals surface area contributed by atoms with Crippen LogP contribution in [0.25, 0.3) is 0 Å². The molecule has 7 nitrogen and oxygen atoms in total. The van der Waals surface area contributed by atoms with Crippen molar-refractivity contribution in [3.63, 3.8) is 0 Å². The Morgan fingerprint density at radius 1 is 1.35 bits per heavy atom. The molecular formula is C13H18N4O3. The second-order valence-corrected chi connectivity index (χ2v) is 5.42. The fourth-order valence-electron chi connectivity index (χ4n) is 2.69. The zero-order valence-electron chi connectivity index (χ0n) is 11.5. The summed E-state index contributed by atoms with van der Waals surface area (Å²) >= 11 is 0. The van der Waals surface area contributed by atoms with Crippen LogP contribution in [-0.4, -0.2) is 53.3 Å².